The van der Waals surface area contributed by atoms with Gasteiger partial charge in [0.15, 0.2) is 11.5 Å². The number of aliphatic carboxylic acids is 2. The van der Waals surface area contributed by atoms with Gasteiger partial charge < -0.3 is 19.7 Å². The van der Waals surface area contributed by atoms with E-state index < -0.39 is 22.0 Å². The highest BCUT2D eigenvalue weighted by molar-refractivity contribution is 7.89. The molecular weight excluding hydrogens is 418 g/mol. The third-order valence-corrected chi connectivity index (χ3v) is 6.31. The molecule has 0 aliphatic carbocycles. The van der Waals surface area contributed by atoms with Gasteiger partial charge in [-0.1, -0.05) is 0 Å². The first-order valence-electron chi connectivity index (χ1n) is 9.21. The molecule has 164 valence electrons. The molecular formula is C18H23N3O8S. The maximum absolute atomic E-state index is 12.8. The van der Waals surface area contributed by atoms with Gasteiger partial charge in [-0.05, 0) is 12.1 Å². The van der Waals surface area contributed by atoms with Gasteiger partial charge in [0.25, 0.3) is 0 Å². The van der Waals surface area contributed by atoms with E-state index in [1.165, 1.54) is 4.31 Å². The Balaban J connectivity index is 0.000000469. The fourth-order valence-electron chi connectivity index (χ4n) is 2.85. The number of rotatable bonds is 4. The predicted octanol–water partition coefficient (Wildman–Crippen LogP) is 0.223. The molecule has 1 aromatic rings. The van der Waals surface area contributed by atoms with E-state index in [1.807, 2.05) is 0 Å². The summed E-state index contributed by atoms with van der Waals surface area (Å²) in [6.45, 7) is 3.94. The number of carbonyl (C=O) groups is 2. The molecule has 1 aromatic carbocycles. The van der Waals surface area contributed by atoms with Gasteiger partial charge in [-0.25, -0.2) is 18.0 Å². The molecule has 2 aliphatic heterocycles. The average molecular weight is 441 g/mol. The van der Waals surface area contributed by atoms with Crippen LogP contribution in [0, 0.1) is 11.3 Å². The van der Waals surface area contributed by atoms with Crippen molar-refractivity contribution in [2.24, 2.45) is 0 Å². The summed E-state index contributed by atoms with van der Waals surface area (Å²) < 4.78 is 38.3. The lowest BCUT2D eigenvalue weighted by atomic mass is 10.3. The summed E-state index contributed by atoms with van der Waals surface area (Å²) in [4.78, 5) is 20.5. The van der Waals surface area contributed by atoms with Gasteiger partial charge >= 0.3 is 11.9 Å². The Labute approximate surface area is 174 Å². The van der Waals surface area contributed by atoms with Crippen molar-refractivity contribution in [1.82, 2.24) is 9.21 Å². The molecule has 11 nitrogen and oxygen atoms in total. The van der Waals surface area contributed by atoms with Crippen molar-refractivity contribution in [3.8, 4) is 17.6 Å². The molecule has 0 atom stereocenters. The average Bonchev–Trinajstić information content (AvgIpc) is 2.97. The van der Waals surface area contributed by atoms with E-state index in [-0.39, 0.29) is 4.90 Å². The highest BCUT2D eigenvalue weighted by atomic mass is 32.2. The molecule has 0 aromatic heterocycles. The zero-order chi connectivity index (χ0) is 22.1. The van der Waals surface area contributed by atoms with Crippen LogP contribution in [0.5, 0.6) is 11.5 Å². The maximum atomic E-state index is 12.8. The Morgan fingerprint density at radius 2 is 1.63 bits per heavy atom. The molecule has 12 heteroatoms. The predicted molar refractivity (Wildman–Crippen MR) is 103 cm³/mol. The summed E-state index contributed by atoms with van der Waals surface area (Å²) in [5, 5.41) is 23.4. The molecule has 0 radical (unpaired) electrons. The van der Waals surface area contributed by atoms with Gasteiger partial charge in [0.1, 0.15) is 0 Å². The number of sulfonamides is 1. The topological polar surface area (TPSA) is 157 Å². The number of hydrogen-bond donors (Lipinski definition) is 2. The van der Waals surface area contributed by atoms with Crippen LogP contribution in [0.25, 0.3) is 0 Å². The second-order valence-electron chi connectivity index (χ2n) is 6.42. The minimum atomic E-state index is -3.55. The normalized spacial score (nSPS) is 17.0. The lowest BCUT2D eigenvalue weighted by Crippen LogP contribution is -2.48. The van der Waals surface area contributed by atoms with Crippen molar-refractivity contribution in [2.75, 3.05) is 45.9 Å². The van der Waals surface area contributed by atoms with E-state index in [0.29, 0.717) is 63.9 Å². The van der Waals surface area contributed by atoms with E-state index in [9.17, 15) is 8.42 Å². The molecule has 0 amide bonds. The Morgan fingerprint density at radius 3 is 2.20 bits per heavy atom. The van der Waals surface area contributed by atoms with Crippen LogP contribution < -0.4 is 9.47 Å². The molecule has 3 rings (SSSR count). The highest BCUT2D eigenvalue weighted by Crippen LogP contribution is 2.33. The monoisotopic (exact) mass is 441 g/mol. The smallest absolute Gasteiger partial charge is 0.414 e. The first-order chi connectivity index (χ1) is 14.3. The summed E-state index contributed by atoms with van der Waals surface area (Å²) in [7, 11) is -3.55. The SMILES string of the molecule is N#CCCN1CCN(S(=O)(=O)c2ccc3c(c2)OCCCO3)CC1.O=C(O)C(=O)O. The number of piperazine rings is 1. The van der Waals surface area contributed by atoms with Crippen molar-refractivity contribution < 1.29 is 37.7 Å². The minimum absolute atomic E-state index is 0.234. The molecule has 2 N–H and O–H groups in total. The number of benzene rings is 1. The fourth-order valence-corrected chi connectivity index (χ4v) is 4.29. The number of nitrogens with zero attached hydrogens (tertiary/aromatic N) is 3. The third-order valence-electron chi connectivity index (χ3n) is 4.41. The van der Waals surface area contributed by atoms with E-state index in [4.69, 9.17) is 34.5 Å². The van der Waals surface area contributed by atoms with Crippen molar-refractivity contribution >= 4 is 22.0 Å². The molecule has 2 heterocycles. The van der Waals surface area contributed by atoms with Crippen molar-refractivity contribution in [1.29, 1.82) is 5.26 Å². The second kappa shape index (κ2) is 10.8. The summed E-state index contributed by atoms with van der Waals surface area (Å²) in [6, 6.07) is 6.91. The molecule has 1 saturated heterocycles. The quantitative estimate of drug-likeness (QED) is 0.619. The maximum Gasteiger partial charge on any atom is 0.414 e. The number of hydrogen-bond acceptors (Lipinski definition) is 8. The zero-order valence-electron chi connectivity index (χ0n) is 16.2. The largest absolute Gasteiger partial charge is 0.490 e. The molecule has 0 saturated carbocycles. The van der Waals surface area contributed by atoms with Gasteiger partial charge in [0.05, 0.1) is 24.2 Å². The number of carboxylic acids is 2. The summed E-state index contributed by atoms with van der Waals surface area (Å²) in [5.41, 5.74) is 0. The summed E-state index contributed by atoms with van der Waals surface area (Å²) in [6.07, 6.45) is 1.25. The number of ether oxygens (including phenoxy) is 2. The number of carboxylic acid groups (broad SMARTS) is 2. The number of fused-ring (bicyclic) bond motifs is 1. The second-order valence-corrected chi connectivity index (χ2v) is 8.36. The van der Waals surface area contributed by atoms with E-state index >= 15 is 0 Å². The first-order valence-corrected chi connectivity index (χ1v) is 10.6. The van der Waals surface area contributed by atoms with Crippen molar-refractivity contribution in [2.45, 2.75) is 17.7 Å². The van der Waals surface area contributed by atoms with E-state index in [1.54, 1.807) is 18.2 Å². The van der Waals surface area contributed by atoms with Crippen LogP contribution in [-0.4, -0.2) is 85.7 Å². The van der Waals surface area contributed by atoms with Crippen molar-refractivity contribution in [3.63, 3.8) is 0 Å². The van der Waals surface area contributed by atoms with Crippen molar-refractivity contribution in [3.05, 3.63) is 18.2 Å². The Morgan fingerprint density at radius 1 is 1.03 bits per heavy atom. The van der Waals surface area contributed by atoms with E-state index in [2.05, 4.69) is 11.0 Å². The standard InChI is InChI=1S/C16H21N3O4S.C2H2O4/c17-5-1-6-18-7-9-19(10-8-18)24(20,21)14-3-4-15-16(13-14)23-12-2-11-22-15;3-1(4)2(5)6/h3-4,13H,1-2,6-12H2;(H,3,4)(H,5,6). The zero-order valence-corrected chi connectivity index (χ0v) is 17.0. The van der Waals surface area contributed by atoms with Crippen LogP contribution >= 0.6 is 0 Å². The van der Waals surface area contributed by atoms with Crippen LogP contribution in [0.4, 0.5) is 0 Å². The molecule has 30 heavy (non-hydrogen) atoms. The first kappa shape index (κ1) is 23.4. The molecule has 0 unspecified atom stereocenters. The molecule has 0 spiro atoms. The lowest BCUT2D eigenvalue weighted by Gasteiger charge is -2.33. The highest BCUT2D eigenvalue weighted by Gasteiger charge is 2.29. The Hall–Kier alpha value is -2.88. The molecule has 0 bridgehead atoms. The van der Waals surface area contributed by atoms with E-state index in [0.717, 1.165) is 6.42 Å². The molecule has 2 aliphatic rings. The summed E-state index contributed by atoms with van der Waals surface area (Å²) in [5.74, 6) is -2.57. The van der Waals surface area contributed by atoms with Crippen LogP contribution in [0.3, 0.4) is 0 Å². The Kier molecular flexibility index (Phi) is 8.40. The van der Waals surface area contributed by atoms with Crippen LogP contribution in [0.15, 0.2) is 23.1 Å². The van der Waals surface area contributed by atoms with Gasteiger partial charge in [-0.3, -0.25) is 4.90 Å². The van der Waals surface area contributed by atoms with Crippen LogP contribution in [0.2, 0.25) is 0 Å². The van der Waals surface area contributed by atoms with Gasteiger partial charge in [-0.2, -0.15) is 9.57 Å². The molecule has 1 fully saturated rings. The van der Waals surface area contributed by atoms with Gasteiger partial charge in [-0.15, -0.1) is 0 Å². The minimum Gasteiger partial charge on any atom is -0.490 e. The van der Waals surface area contributed by atoms with Crippen LogP contribution in [0.1, 0.15) is 12.8 Å². The van der Waals surface area contributed by atoms with Crippen LogP contribution in [-0.2, 0) is 19.6 Å². The van der Waals surface area contributed by atoms with Gasteiger partial charge in [0.2, 0.25) is 10.0 Å². The fraction of sp³-hybridized carbons (Fsp3) is 0.500. The number of nitriles is 1. The van der Waals surface area contributed by atoms with Gasteiger partial charge in [0, 0.05) is 51.6 Å². The lowest BCUT2D eigenvalue weighted by molar-refractivity contribution is -0.159. The third kappa shape index (κ3) is 6.31. The summed E-state index contributed by atoms with van der Waals surface area (Å²) >= 11 is 0. The Bertz CT molecular complexity index is 892.